The maximum atomic E-state index is 5.06. The fourth-order valence-electron chi connectivity index (χ4n) is 2.28. The van der Waals surface area contributed by atoms with E-state index in [1.807, 2.05) is 10.9 Å². The summed E-state index contributed by atoms with van der Waals surface area (Å²) >= 11 is 0. The van der Waals surface area contributed by atoms with Gasteiger partial charge in [0.2, 0.25) is 0 Å². The van der Waals surface area contributed by atoms with Crippen LogP contribution >= 0.6 is 0 Å². The third-order valence-electron chi connectivity index (χ3n) is 3.52. The summed E-state index contributed by atoms with van der Waals surface area (Å²) in [6.07, 6.45) is 4.07. The average Bonchev–Trinajstić information content (AvgIpc) is 2.85. The lowest BCUT2D eigenvalue weighted by molar-refractivity contribution is 0.183. The Bertz CT molecular complexity index is 364. The monoisotopic (exact) mass is 252 g/mol. The van der Waals surface area contributed by atoms with Crippen LogP contribution in [-0.4, -0.2) is 49.2 Å². The van der Waals surface area contributed by atoms with E-state index in [2.05, 4.69) is 35.4 Å². The largest absolute Gasteiger partial charge is 0.383 e. The SMILES string of the molecule is COCCn1cc(N2CCNC(C(C)C)C2)cn1. The fourth-order valence-corrected chi connectivity index (χ4v) is 2.28. The molecule has 1 aromatic heterocycles. The second-order valence-corrected chi connectivity index (χ2v) is 5.21. The lowest BCUT2D eigenvalue weighted by atomic mass is 10.0. The third-order valence-corrected chi connectivity index (χ3v) is 3.52. The third kappa shape index (κ3) is 3.23. The molecule has 1 fully saturated rings. The van der Waals surface area contributed by atoms with Crippen LogP contribution in [0.5, 0.6) is 0 Å². The summed E-state index contributed by atoms with van der Waals surface area (Å²) in [5, 5.41) is 7.94. The summed E-state index contributed by atoms with van der Waals surface area (Å²) in [6, 6.07) is 0.570. The van der Waals surface area contributed by atoms with Crippen LogP contribution in [-0.2, 0) is 11.3 Å². The number of methoxy groups -OCH3 is 1. The van der Waals surface area contributed by atoms with E-state index >= 15 is 0 Å². The van der Waals surface area contributed by atoms with Crippen molar-refractivity contribution in [1.29, 1.82) is 0 Å². The Kier molecular flexibility index (Phi) is 4.60. The molecule has 0 saturated carbocycles. The van der Waals surface area contributed by atoms with E-state index in [0.29, 0.717) is 18.6 Å². The zero-order valence-electron chi connectivity index (χ0n) is 11.6. The van der Waals surface area contributed by atoms with Crippen LogP contribution in [0, 0.1) is 5.92 Å². The number of piperazine rings is 1. The average molecular weight is 252 g/mol. The van der Waals surface area contributed by atoms with Crippen LogP contribution in [0.2, 0.25) is 0 Å². The van der Waals surface area contributed by atoms with Crippen LogP contribution in [0.1, 0.15) is 13.8 Å². The van der Waals surface area contributed by atoms with Gasteiger partial charge in [0.05, 0.1) is 25.0 Å². The van der Waals surface area contributed by atoms with E-state index in [1.54, 1.807) is 7.11 Å². The van der Waals surface area contributed by atoms with Crippen LogP contribution in [0.4, 0.5) is 5.69 Å². The fraction of sp³-hybridized carbons (Fsp3) is 0.769. The lowest BCUT2D eigenvalue weighted by Crippen LogP contribution is -2.52. The number of anilines is 1. The molecule has 0 spiro atoms. The van der Waals surface area contributed by atoms with Crippen molar-refractivity contribution in [3.05, 3.63) is 12.4 Å². The normalized spacial score (nSPS) is 20.7. The van der Waals surface area contributed by atoms with Crippen LogP contribution in [0.3, 0.4) is 0 Å². The molecule has 0 aliphatic carbocycles. The van der Waals surface area contributed by atoms with E-state index < -0.39 is 0 Å². The molecule has 1 aromatic rings. The zero-order chi connectivity index (χ0) is 13.0. The molecule has 1 saturated heterocycles. The van der Waals surface area contributed by atoms with Gasteiger partial charge >= 0.3 is 0 Å². The molecule has 0 amide bonds. The van der Waals surface area contributed by atoms with Crippen molar-refractivity contribution in [2.24, 2.45) is 5.92 Å². The molecule has 1 N–H and O–H groups in total. The second-order valence-electron chi connectivity index (χ2n) is 5.21. The predicted molar refractivity (Wildman–Crippen MR) is 72.9 cm³/mol. The molecule has 0 bridgehead atoms. The first kappa shape index (κ1) is 13.4. The number of hydrogen-bond acceptors (Lipinski definition) is 4. The van der Waals surface area contributed by atoms with Gasteiger partial charge in [0.15, 0.2) is 0 Å². The van der Waals surface area contributed by atoms with Crippen molar-refractivity contribution in [2.45, 2.75) is 26.4 Å². The lowest BCUT2D eigenvalue weighted by Gasteiger charge is -2.36. The summed E-state index contributed by atoms with van der Waals surface area (Å²) in [6.45, 7) is 9.22. The summed E-state index contributed by atoms with van der Waals surface area (Å²) in [5.41, 5.74) is 1.22. The van der Waals surface area contributed by atoms with Crippen molar-refractivity contribution < 1.29 is 4.74 Å². The van der Waals surface area contributed by atoms with Gasteiger partial charge < -0.3 is 15.0 Å². The number of rotatable bonds is 5. The highest BCUT2D eigenvalue weighted by Crippen LogP contribution is 2.17. The van der Waals surface area contributed by atoms with Gasteiger partial charge in [0.1, 0.15) is 0 Å². The highest BCUT2D eigenvalue weighted by atomic mass is 16.5. The Morgan fingerprint density at radius 1 is 1.56 bits per heavy atom. The Morgan fingerprint density at radius 3 is 3.11 bits per heavy atom. The Labute approximate surface area is 109 Å². The number of aromatic nitrogens is 2. The minimum absolute atomic E-state index is 0.570. The summed E-state index contributed by atoms with van der Waals surface area (Å²) in [4.78, 5) is 2.41. The molecule has 1 aliphatic rings. The van der Waals surface area contributed by atoms with E-state index in [9.17, 15) is 0 Å². The van der Waals surface area contributed by atoms with Crippen LogP contribution in [0.15, 0.2) is 12.4 Å². The van der Waals surface area contributed by atoms with Gasteiger partial charge in [0, 0.05) is 39.0 Å². The minimum Gasteiger partial charge on any atom is -0.383 e. The standard InChI is InChI=1S/C13H24N4O/c1-11(2)13-10-16(5-4-14-13)12-8-15-17(9-12)6-7-18-3/h8-9,11,13-14H,4-7,10H2,1-3H3. The molecular formula is C13H24N4O. The zero-order valence-corrected chi connectivity index (χ0v) is 11.6. The Morgan fingerprint density at radius 2 is 2.39 bits per heavy atom. The first-order valence-electron chi connectivity index (χ1n) is 6.70. The van der Waals surface area contributed by atoms with Crippen LogP contribution in [0.25, 0.3) is 0 Å². The van der Waals surface area contributed by atoms with Gasteiger partial charge in [0.25, 0.3) is 0 Å². The molecule has 5 heteroatoms. The Balaban J connectivity index is 1.95. The first-order chi connectivity index (χ1) is 8.70. The molecule has 0 aromatic carbocycles. The molecule has 2 heterocycles. The van der Waals surface area contributed by atoms with Gasteiger partial charge in [-0.05, 0) is 5.92 Å². The van der Waals surface area contributed by atoms with Crippen molar-refractivity contribution in [3.8, 4) is 0 Å². The minimum atomic E-state index is 0.570. The second kappa shape index (κ2) is 6.20. The number of ether oxygens (including phenoxy) is 1. The summed E-state index contributed by atoms with van der Waals surface area (Å²) < 4.78 is 7.01. The smallest absolute Gasteiger partial charge is 0.0753 e. The topological polar surface area (TPSA) is 42.3 Å². The van der Waals surface area contributed by atoms with Gasteiger partial charge in [-0.15, -0.1) is 0 Å². The highest BCUT2D eigenvalue weighted by Gasteiger charge is 2.22. The molecule has 2 rings (SSSR count). The van der Waals surface area contributed by atoms with E-state index in [1.165, 1.54) is 5.69 Å². The van der Waals surface area contributed by atoms with Gasteiger partial charge in [-0.1, -0.05) is 13.8 Å². The summed E-state index contributed by atoms with van der Waals surface area (Å²) in [7, 11) is 1.72. The number of hydrogen-bond donors (Lipinski definition) is 1. The number of nitrogens with zero attached hydrogens (tertiary/aromatic N) is 3. The molecule has 5 nitrogen and oxygen atoms in total. The van der Waals surface area contributed by atoms with E-state index in [4.69, 9.17) is 4.74 Å². The predicted octanol–water partition coefficient (Wildman–Crippen LogP) is 0.964. The maximum absolute atomic E-state index is 5.06. The molecular weight excluding hydrogens is 228 g/mol. The quantitative estimate of drug-likeness (QED) is 0.848. The molecule has 1 atom stereocenters. The summed E-state index contributed by atoms with van der Waals surface area (Å²) in [5.74, 6) is 0.663. The number of nitrogens with one attached hydrogen (secondary N) is 1. The van der Waals surface area contributed by atoms with Crippen molar-refractivity contribution in [2.75, 3.05) is 38.3 Å². The van der Waals surface area contributed by atoms with Gasteiger partial charge in [-0.3, -0.25) is 4.68 Å². The molecule has 1 aliphatic heterocycles. The van der Waals surface area contributed by atoms with Gasteiger partial charge in [-0.25, -0.2) is 0 Å². The maximum Gasteiger partial charge on any atom is 0.0753 e. The molecule has 18 heavy (non-hydrogen) atoms. The van der Waals surface area contributed by atoms with Gasteiger partial charge in [-0.2, -0.15) is 5.10 Å². The van der Waals surface area contributed by atoms with E-state index in [0.717, 1.165) is 26.2 Å². The van der Waals surface area contributed by atoms with Crippen molar-refractivity contribution in [1.82, 2.24) is 15.1 Å². The first-order valence-corrected chi connectivity index (χ1v) is 6.70. The molecule has 0 radical (unpaired) electrons. The van der Waals surface area contributed by atoms with Crippen molar-refractivity contribution >= 4 is 5.69 Å². The highest BCUT2D eigenvalue weighted by molar-refractivity contribution is 5.43. The van der Waals surface area contributed by atoms with Crippen molar-refractivity contribution in [3.63, 3.8) is 0 Å². The van der Waals surface area contributed by atoms with E-state index in [-0.39, 0.29) is 0 Å². The molecule has 102 valence electrons. The Hall–Kier alpha value is -1.07. The van der Waals surface area contributed by atoms with Crippen LogP contribution < -0.4 is 10.2 Å². The molecule has 1 unspecified atom stereocenters.